The molecular weight excluding hydrogens is 532 g/mol. The van der Waals surface area contributed by atoms with Gasteiger partial charge in [-0.05, 0) is 48.5 Å². The molecule has 0 unspecified atom stereocenters. The minimum atomic E-state index is -0.999. The molecule has 6 aromatic rings. The number of nitrogens with zero attached hydrogens (tertiary/aromatic N) is 4. The van der Waals surface area contributed by atoms with E-state index in [4.69, 9.17) is 29.3 Å². The summed E-state index contributed by atoms with van der Waals surface area (Å²) in [5.41, 5.74) is 4.36. The van der Waals surface area contributed by atoms with Gasteiger partial charge in [-0.25, -0.2) is 24.2 Å². The van der Waals surface area contributed by atoms with Crippen molar-refractivity contribution in [3.63, 3.8) is 0 Å². The molecule has 7 rings (SSSR count). The van der Waals surface area contributed by atoms with Crippen LogP contribution >= 0.6 is 0 Å². The lowest BCUT2D eigenvalue weighted by Crippen LogP contribution is -2.35. The molecule has 1 aliphatic rings. The Labute approximate surface area is 240 Å². The second-order valence-electron chi connectivity index (χ2n) is 9.82. The molecule has 0 saturated carbocycles. The predicted octanol–water partition coefficient (Wildman–Crippen LogP) is 5.49. The normalized spacial score (nSPS) is 18.2. The van der Waals surface area contributed by atoms with Gasteiger partial charge in [-0.3, -0.25) is 0 Å². The molecular formula is C33H24N4O5. The maximum Gasteiger partial charge on any atom is 0.338 e. The molecule has 0 radical (unpaired) electrons. The van der Waals surface area contributed by atoms with Crippen LogP contribution < -0.4 is 0 Å². The number of ether oxygens (including phenoxy) is 3. The Hall–Kier alpha value is -5.41. The fourth-order valence-corrected chi connectivity index (χ4v) is 5.06. The maximum absolute atomic E-state index is 13.3. The molecule has 0 bridgehead atoms. The van der Waals surface area contributed by atoms with Crippen molar-refractivity contribution < 1.29 is 23.8 Å². The second kappa shape index (κ2) is 10.9. The fourth-order valence-electron chi connectivity index (χ4n) is 5.06. The van der Waals surface area contributed by atoms with E-state index in [1.807, 2.05) is 66.7 Å². The maximum atomic E-state index is 13.3. The van der Waals surface area contributed by atoms with E-state index in [-0.39, 0.29) is 6.61 Å². The van der Waals surface area contributed by atoms with E-state index in [1.54, 1.807) is 53.2 Å². The lowest BCUT2D eigenvalue weighted by molar-refractivity contribution is -0.0300. The van der Waals surface area contributed by atoms with Crippen LogP contribution in [0.25, 0.3) is 27.9 Å². The number of esters is 2. The molecule has 0 spiro atoms. The molecule has 9 nitrogen and oxygen atoms in total. The van der Waals surface area contributed by atoms with Crippen molar-refractivity contribution in [3.05, 3.63) is 132 Å². The molecule has 2 aromatic heterocycles. The van der Waals surface area contributed by atoms with Gasteiger partial charge < -0.3 is 14.2 Å². The largest absolute Gasteiger partial charge is 0.452 e. The summed E-state index contributed by atoms with van der Waals surface area (Å²) in [4.78, 5) is 36.1. The first kappa shape index (κ1) is 25.6. The van der Waals surface area contributed by atoms with E-state index in [9.17, 15) is 9.59 Å². The average Bonchev–Trinajstić information content (AvgIpc) is 3.61. The van der Waals surface area contributed by atoms with Crippen LogP contribution in [0.3, 0.4) is 0 Å². The number of benzene rings is 4. The van der Waals surface area contributed by atoms with Crippen LogP contribution in [0.15, 0.2) is 115 Å². The van der Waals surface area contributed by atoms with Gasteiger partial charge >= 0.3 is 11.9 Å². The topological polar surface area (TPSA) is 105 Å². The summed E-state index contributed by atoms with van der Waals surface area (Å²) in [5.74, 6) is -1.11. The summed E-state index contributed by atoms with van der Waals surface area (Å²) in [6, 6.07) is 34.4. The van der Waals surface area contributed by atoms with Crippen LogP contribution in [0, 0.1) is 0 Å². The van der Waals surface area contributed by atoms with E-state index < -0.39 is 30.3 Å². The Bertz CT molecular complexity index is 1890. The third kappa shape index (κ3) is 4.76. The minimum absolute atomic E-state index is 0.00330. The van der Waals surface area contributed by atoms with Gasteiger partial charge in [0.2, 0.25) is 0 Å². The van der Waals surface area contributed by atoms with Crippen LogP contribution in [0.5, 0.6) is 0 Å². The van der Waals surface area contributed by atoms with E-state index in [0.717, 1.165) is 5.69 Å². The van der Waals surface area contributed by atoms with E-state index in [0.29, 0.717) is 39.0 Å². The van der Waals surface area contributed by atoms with Gasteiger partial charge in [-0.15, -0.1) is 0 Å². The summed E-state index contributed by atoms with van der Waals surface area (Å²) in [6.07, 6.45) is -2.77. The molecule has 1 aliphatic heterocycles. The lowest BCUT2D eigenvalue weighted by Gasteiger charge is -2.22. The van der Waals surface area contributed by atoms with Crippen molar-refractivity contribution in [1.82, 2.24) is 19.7 Å². The third-order valence-electron chi connectivity index (χ3n) is 7.10. The van der Waals surface area contributed by atoms with Gasteiger partial charge in [0.15, 0.2) is 17.9 Å². The molecule has 3 atom stereocenters. The molecule has 0 aliphatic carbocycles. The fraction of sp³-hybridized carbons (Fsp3) is 0.121. The first-order valence-corrected chi connectivity index (χ1v) is 13.5. The van der Waals surface area contributed by atoms with E-state index in [2.05, 4.69) is 0 Å². The summed E-state index contributed by atoms with van der Waals surface area (Å²) in [7, 11) is 0. The summed E-state index contributed by atoms with van der Waals surface area (Å²) < 4.78 is 19.8. The lowest BCUT2D eigenvalue weighted by atomic mass is 10.1. The number of para-hydroxylation sites is 3. The van der Waals surface area contributed by atoms with Gasteiger partial charge in [0.25, 0.3) is 0 Å². The SMILES string of the molecule is O=C(O[C@@H]1[C@H](OC(=O)c2ccccc2)CO[C@H]1c1nn(-c2ccccc2)c2nc3ccccc3nc12)c1ccccc1. The molecule has 4 aromatic carbocycles. The Morgan fingerprint density at radius 2 is 1.24 bits per heavy atom. The van der Waals surface area contributed by atoms with Gasteiger partial charge in [0.05, 0.1) is 34.5 Å². The van der Waals surface area contributed by atoms with Crippen LogP contribution in [-0.2, 0) is 14.2 Å². The zero-order valence-electron chi connectivity index (χ0n) is 22.2. The number of carbonyl (C=O) groups is 2. The van der Waals surface area contributed by atoms with Crippen molar-refractivity contribution in [2.24, 2.45) is 0 Å². The molecule has 0 N–H and O–H groups in total. The molecule has 3 heterocycles. The third-order valence-corrected chi connectivity index (χ3v) is 7.10. The van der Waals surface area contributed by atoms with Crippen LogP contribution in [0.4, 0.5) is 0 Å². The van der Waals surface area contributed by atoms with Crippen molar-refractivity contribution in [1.29, 1.82) is 0 Å². The average molecular weight is 557 g/mol. The molecule has 9 heteroatoms. The highest BCUT2D eigenvalue weighted by molar-refractivity contribution is 5.91. The summed E-state index contributed by atoms with van der Waals surface area (Å²) in [5, 5.41) is 4.90. The van der Waals surface area contributed by atoms with Crippen LogP contribution in [0.1, 0.15) is 32.5 Å². The first-order chi connectivity index (χ1) is 20.7. The number of aromatic nitrogens is 4. The van der Waals surface area contributed by atoms with Crippen molar-refractivity contribution in [2.45, 2.75) is 18.3 Å². The standard InChI is InChI=1S/C33H24N4O5/c38-32(21-12-4-1-5-13-21)41-26-20-40-30(29(26)42-33(39)22-14-6-2-7-15-22)27-28-31(35-25-19-11-10-18-24(25)34-28)37(36-27)23-16-8-3-9-17-23/h1-19,26,29-30H,20H2/t26-,29-,30+/m1/s1. The number of carbonyl (C=O) groups excluding carboxylic acids is 2. The number of rotatable bonds is 6. The van der Waals surface area contributed by atoms with Gasteiger partial charge in [0.1, 0.15) is 17.3 Å². The van der Waals surface area contributed by atoms with Gasteiger partial charge in [-0.1, -0.05) is 66.7 Å². The van der Waals surface area contributed by atoms with Gasteiger partial charge in [0, 0.05) is 0 Å². The molecule has 1 fully saturated rings. The first-order valence-electron chi connectivity index (χ1n) is 13.5. The molecule has 42 heavy (non-hydrogen) atoms. The highest BCUT2D eigenvalue weighted by atomic mass is 16.6. The number of hydrogen-bond donors (Lipinski definition) is 0. The van der Waals surface area contributed by atoms with Crippen molar-refractivity contribution >= 4 is 34.1 Å². The van der Waals surface area contributed by atoms with Crippen molar-refractivity contribution in [2.75, 3.05) is 6.61 Å². The minimum Gasteiger partial charge on any atom is -0.452 e. The summed E-state index contributed by atoms with van der Waals surface area (Å²) >= 11 is 0. The van der Waals surface area contributed by atoms with E-state index in [1.165, 1.54) is 0 Å². The molecule has 1 saturated heterocycles. The smallest absolute Gasteiger partial charge is 0.338 e. The highest BCUT2D eigenvalue weighted by Gasteiger charge is 2.46. The monoisotopic (exact) mass is 556 g/mol. The second-order valence-corrected chi connectivity index (χ2v) is 9.82. The Morgan fingerprint density at radius 3 is 1.88 bits per heavy atom. The zero-order chi connectivity index (χ0) is 28.5. The molecule has 206 valence electrons. The quantitative estimate of drug-likeness (QED) is 0.248. The summed E-state index contributed by atoms with van der Waals surface area (Å²) in [6.45, 7) is -0.00330. The Kier molecular flexibility index (Phi) is 6.61. The van der Waals surface area contributed by atoms with Crippen LogP contribution in [-0.4, -0.2) is 50.5 Å². The van der Waals surface area contributed by atoms with Crippen molar-refractivity contribution in [3.8, 4) is 5.69 Å². The van der Waals surface area contributed by atoms with Gasteiger partial charge in [-0.2, -0.15) is 5.10 Å². The zero-order valence-corrected chi connectivity index (χ0v) is 22.2. The van der Waals surface area contributed by atoms with Crippen LogP contribution in [0.2, 0.25) is 0 Å². The Morgan fingerprint density at radius 1 is 0.690 bits per heavy atom. The number of fused-ring (bicyclic) bond motifs is 2. The number of hydrogen-bond acceptors (Lipinski definition) is 8. The Balaban J connectivity index is 1.32. The predicted molar refractivity (Wildman–Crippen MR) is 154 cm³/mol. The van der Waals surface area contributed by atoms with E-state index >= 15 is 0 Å². The highest BCUT2D eigenvalue weighted by Crippen LogP contribution is 2.37. The molecule has 0 amide bonds.